The number of anilines is 1. The number of hydrogen-bond donors (Lipinski definition) is 1. The van der Waals surface area contributed by atoms with Gasteiger partial charge in [0, 0.05) is 22.9 Å². The highest BCUT2D eigenvalue weighted by molar-refractivity contribution is 6.11. The highest BCUT2D eigenvalue weighted by atomic mass is 19.1. The minimum Gasteiger partial charge on any atom is -0.295 e. The summed E-state index contributed by atoms with van der Waals surface area (Å²) < 4.78 is 13.5. The Bertz CT molecular complexity index is 1300. The van der Waals surface area contributed by atoms with E-state index in [1.54, 1.807) is 54.6 Å². The smallest absolute Gasteiger partial charge is 0.277 e. The third-order valence-corrected chi connectivity index (χ3v) is 5.35. The van der Waals surface area contributed by atoms with Crippen molar-refractivity contribution in [2.75, 3.05) is 4.90 Å². The van der Waals surface area contributed by atoms with Crippen LogP contribution in [0.3, 0.4) is 0 Å². The monoisotopic (exact) mass is 414 g/mol. The quantitative estimate of drug-likeness (QED) is 0.381. The lowest BCUT2D eigenvalue weighted by Gasteiger charge is -2.26. The highest BCUT2D eigenvalue weighted by Gasteiger charge is 2.45. The number of para-hydroxylation sites is 2. The Morgan fingerprint density at radius 2 is 1.65 bits per heavy atom. The van der Waals surface area contributed by atoms with Gasteiger partial charge in [-0.05, 0) is 42.5 Å². The average Bonchev–Trinajstić information content (AvgIpc) is 3.34. The molecule has 8 heteroatoms. The Labute approximate surface area is 175 Å². The molecule has 1 aliphatic rings. The van der Waals surface area contributed by atoms with Gasteiger partial charge >= 0.3 is 0 Å². The molecule has 4 aromatic rings. The van der Waals surface area contributed by atoms with E-state index in [4.69, 9.17) is 0 Å². The summed E-state index contributed by atoms with van der Waals surface area (Å²) >= 11 is 0. The number of hydrogen-bond acceptors (Lipinski definition) is 4. The Kier molecular flexibility index (Phi) is 4.32. The first kappa shape index (κ1) is 18.7. The van der Waals surface area contributed by atoms with E-state index in [0.29, 0.717) is 28.1 Å². The zero-order chi connectivity index (χ0) is 21.5. The SMILES string of the molecule is O=C1c2[nH]nc(-c3ccc(F)cc3)c2[C@@H](c2ccccc2[N+](=O)[O-])N1c1ccccc1. The van der Waals surface area contributed by atoms with E-state index in [-0.39, 0.29) is 17.3 Å². The molecule has 1 N–H and O–H groups in total. The molecule has 1 aromatic heterocycles. The van der Waals surface area contributed by atoms with E-state index in [9.17, 15) is 19.3 Å². The maximum atomic E-state index is 13.5. The van der Waals surface area contributed by atoms with Crippen LogP contribution in [-0.4, -0.2) is 21.0 Å². The van der Waals surface area contributed by atoms with Gasteiger partial charge in [-0.15, -0.1) is 0 Å². The molecule has 0 unspecified atom stereocenters. The normalized spacial score (nSPS) is 15.2. The van der Waals surface area contributed by atoms with Crippen molar-refractivity contribution in [3.63, 3.8) is 0 Å². The number of aromatic nitrogens is 2. The van der Waals surface area contributed by atoms with Crippen LogP contribution >= 0.6 is 0 Å². The molecule has 1 atom stereocenters. The molecule has 5 rings (SSSR count). The Hall–Kier alpha value is -4.33. The Balaban J connectivity index is 1.77. The molecule has 0 bridgehead atoms. The first-order chi connectivity index (χ1) is 15.1. The molecule has 2 heterocycles. The molecule has 31 heavy (non-hydrogen) atoms. The van der Waals surface area contributed by atoms with E-state index in [1.807, 2.05) is 6.07 Å². The molecule has 0 radical (unpaired) electrons. The summed E-state index contributed by atoms with van der Waals surface area (Å²) in [6, 6.07) is 20.3. The maximum Gasteiger partial charge on any atom is 0.277 e. The summed E-state index contributed by atoms with van der Waals surface area (Å²) in [6.45, 7) is 0. The number of nitrogens with one attached hydrogen (secondary N) is 1. The van der Waals surface area contributed by atoms with Crippen LogP contribution in [0.2, 0.25) is 0 Å². The van der Waals surface area contributed by atoms with Crippen LogP contribution in [0.5, 0.6) is 0 Å². The molecule has 0 spiro atoms. The third kappa shape index (κ3) is 2.96. The maximum absolute atomic E-state index is 13.5. The van der Waals surface area contributed by atoms with Gasteiger partial charge in [-0.25, -0.2) is 4.39 Å². The second kappa shape index (κ2) is 7.17. The van der Waals surface area contributed by atoms with Crippen LogP contribution in [0.1, 0.15) is 27.7 Å². The van der Waals surface area contributed by atoms with Gasteiger partial charge in [0.2, 0.25) is 0 Å². The number of aromatic amines is 1. The number of nitro groups is 1. The Morgan fingerprint density at radius 1 is 0.968 bits per heavy atom. The zero-order valence-electron chi connectivity index (χ0n) is 16.0. The molecule has 1 amide bonds. The van der Waals surface area contributed by atoms with Crippen LogP contribution in [0.25, 0.3) is 11.3 Å². The number of H-pyrrole nitrogens is 1. The number of amides is 1. The Morgan fingerprint density at radius 3 is 2.35 bits per heavy atom. The summed E-state index contributed by atoms with van der Waals surface area (Å²) in [5.41, 5.74) is 2.70. The molecule has 7 nitrogen and oxygen atoms in total. The van der Waals surface area contributed by atoms with Gasteiger partial charge in [0.25, 0.3) is 11.6 Å². The van der Waals surface area contributed by atoms with Crippen LogP contribution in [0.15, 0.2) is 78.9 Å². The number of carbonyl (C=O) groups is 1. The average molecular weight is 414 g/mol. The minimum atomic E-state index is -0.773. The predicted octanol–water partition coefficient (Wildman–Crippen LogP) is 4.87. The molecular weight excluding hydrogens is 399 g/mol. The van der Waals surface area contributed by atoms with Crippen molar-refractivity contribution in [1.29, 1.82) is 0 Å². The lowest BCUT2D eigenvalue weighted by molar-refractivity contribution is -0.385. The van der Waals surface area contributed by atoms with Crippen LogP contribution in [-0.2, 0) is 0 Å². The van der Waals surface area contributed by atoms with Gasteiger partial charge in [0.15, 0.2) is 0 Å². The molecule has 3 aromatic carbocycles. The molecule has 1 aliphatic heterocycles. The fourth-order valence-corrected chi connectivity index (χ4v) is 4.01. The van der Waals surface area contributed by atoms with Crippen LogP contribution in [0.4, 0.5) is 15.8 Å². The number of halogens is 1. The zero-order valence-corrected chi connectivity index (χ0v) is 16.0. The number of benzene rings is 3. The van der Waals surface area contributed by atoms with Gasteiger partial charge in [0.1, 0.15) is 11.5 Å². The van der Waals surface area contributed by atoms with Crippen molar-refractivity contribution in [3.05, 3.63) is 112 Å². The van der Waals surface area contributed by atoms with E-state index >= 15 is 0 Å². The predicted molar refractivity (Wildman–Crippen MR) is 112 cm³/mol. The molecule has 0 saturated carbocycles. The molecule has 0 aliphatic carbocycles. The molecule has 152 valence electrons. The van der Waals surface area contributed by atoms with Gasteiger partial charge in [-0.1, -0.05) is 30.3 Å². The van der Waals surface area contributed by atoms with Crippen molar-refractivity contribution in [2.24, 2.45) is 0 Å². The largest absolute Gasteiger partial charge is 0.295 e. The number of carbonyl (C=O) groups excluding carboxylic acids is 1. The van der Waals surface area contributed by atoms with Crippen molar-refractivity contribution >= 4 is 17.3 Å². The van der Waals surface area contributed by atoms with Gasteiger partial charge in [0.05, 0.1) is 22.2 Å². The second-order valence-electron chi connectivity index (χ2n) is 7.10. The van der Waals surface area contributed by atoms with Crippen molar-refractivity contribution < 1.29 is 14.1 Å². The van der Waals surface area contributed by atoms with Crippen molar-refractivity contribution in [3.8, 4) is 11.3 Å². The van der Waals surface area contributed by atoms with E-state index in [0.717, 1.165) is 0 Å². The van der Waals surface area contributed by atoms with Crippen LogP contribution in [0, 0.1) is 15.9 Å². The van der Waals surface area contributed by atoms with Crippen molar-refractivity contribution in [1.82, 2.24) is 10.2 Å². The second-order valence-corrected chi connectivity index (χ2v) is 7.10. The van der Waals surface area contributed by atoms with Crippen LogP contribution < -0.4 is 4.90 Å². The molecular formula is C23H15FN4O3. The summed E-state index contributed by atoms with van der Waals surface area (Å²) in [6.07, 6.45) is 0. The van der Waals surface area contributed by atoms with Crippen molar-refractivity contribution in [2.45, 2.75) is 6.04 Å². The van der Waals surface area contributed by atoms with Gasteiger partial charge in [-0.2, -0.15) is 5.10 Å². The fraction of sp³-hybridized carbons (Fsp3) is 0.0435. The number of rotatable bonds is 4. The minimum absolute atomic E-state index is 0.0969. The molecule has 0 saturated heterocycles. The highest BCUT2D eigenvalue weighted by Crippen LogP contribution is 2.46. The number of fused-ring (bicyclic) bond motifs is 1. The van der Waals surface area contributed by atoms with E-state index in [2.05, 4.69) is 10.2 Å². The van der Waals surface area contributed by atoms with Gasteiger partial charge in [-0.3, -0.25) is 24.9 Å². The molecule has 0 fully saturated rings. The standard InChI is InChI=1S/C23H15FN4O3/c24-15-12-10-14(11-13-15)20-19-21(26-25-20)23(29)27(16-6-2-1-3-7-16)22(19)17-8-4-5-9-18(17)28(30)31/h1-13,22H,(H,25,26)/t22-/m1/s1. The summed E-state index contributed by atoms with van der Waals surface area (Å²) in [5.74, 6) is -0.738. The lowest BCUT2D eigenvalue weighted by atomic mass is 9.94. The lowest BCUT2D eigenvalue weighted by Crippen LogP contribution is -2.29. The number of nitrogens with zero attached hydrogens (tertiary/aromatic N) is 3. The summed E-state index contributed by atoms with van der Waals surface area (Å²) in [5, 5.41) is 18.9. The first-order valence-corrected chi connectivity index (χ1v) is 9.52. The van der Waals surface area contributed by atoms with Gasteiger partial charge < -0.3 is 0 Å². The van der Waals surface area contributed by atoms with E-state index in [1.165, 1.54) is 23.1 Å². The summed E-state index contributed by atoms with van der Waals surface area (Å²) in [7, 11) is 0. The number of nitro benzene ring substituents is 1. The topological polar surface area (TPSA) is 92.1 Å². The van der Waals surface area contributed by atoms with E-state index < -0.39 is 16.8 Å². The fourth-order valence-electron chi connectivity index (χ4n) is 4.01. The first-order valence-electron chi connectivity index (χ1n) is 9.52. The summed E-state index contributed by atoms with van der Waals surface area (Å²) in [4.78, 5) is 26.2. The third-order valence-electron chi connectivity index (χ3n) is 5.35.